The van der Waals surface area contributed by atoms with Gasteiger partial charge in [-0.1, -0.05) is 36.4 Å². The van der Waals surface area contributed by atoms with Gasteiger partial charge in [-0.15, -0.1) is 11.3 Å². The van der Waals surface area contributed by atoms with Gasteiger partial charge in [-0.2, -0.15) is 0 Å². The highest BCUT2D eigenvalue weighted by Gasteiger charge is 2.19. The molecule has 1 aromatic carbocycles. The highest BCUT2D eigenvalue weighted by molar-refractivity contribution is 7.94. The smallest absolute Gasteiger partial charge is 0.352 e. The number of aromatic carboxylic acids is 1. The summed E-state index contributed by atoms with van der Waals surface area (Å²) in [5, 5.41) is 11.0. The number of hydrogen-bond acceptors (Lipinski definition) is 4. The van der Waals surface area contributed by atoms with E-state index in [1.807, 2.05) is 30.3 Å². The zero-order valence-corrected chi connectivity index (χ0v) is 14.0. The van der Waals surface area contributed by atoms with E-state index in [0.717, 1.165) is 16.9 Å². The molecule has 0 saturated carbocycles. The lowest BCUT2D eigenvalue weighted by molar-refractivity contribution is 0.0685. The molecule has 0 bridgehead atoms. The number of carboxylic acid groups (broad SMARTS) is 1. The average molecular weight is 362 g/mol. The summed E-state index contributed by atoms with van der Waals surface area (Å²) in [6.07, 6.45) is 1.49. The van der Waals surface area contributed by atoms with Crippen molar-refractivity contribution in [2.45, 2.75) is 10.8 Å². The van der Waals surface area contributed by atoms with Gasteiger partial charge in [0.2, 0.25) is 0 Å². The molecule has 2 heterocycles. The van der Waals surface area contributed by atoms with Crippen molar-refractivity contribution in [1.82, 2.24) is 4.57 Å². The first-order chi connectivity index (χ1) is 11.5. The minimum absolute atomic E-state index is 0.0164. The van der Waals surface area contributed by atoms with E-state index in [1.165, 1.54) is 22.9 Å². The summed E-state index contributed by atoms with van der Waals surface area (Å²) in [6.45, 7) is 0.337. The van der Waals surface area contributed by atoms with Gasteiger partial charge in [0.1, 0.15) is 9.90 Å². The van der Waals surface area contributed by atoms with Gasteiger partial charge in [0.05, 0.1) is 5.69 Å². The number of nitrogens with one attached hydrogen (secondary N) is 1. The van der Waals surface area contributed by atoms with Crippen LogP contribution < -0.4 is 4.72 Å². The summed E-state index contributed by atoms with van der Waals surface area (Å²) in [6, 6.07) is 13.8. The Hall–Kier alpha value is -2.58. The lowest BCUT2D eigenvalue weighted by atomic mass is 10.2. The summed E-state index contributed by atoms with van der Waals surface area (Å²) < 4.78 is 28.6. The summed E-state index contributed by atoms with van der Waals surface area (Å²) in [4.78, 5) is 11.4. The van der Waals surface area contributed by atoms with Gasteiger partial charge in [-0.05, 0) is 23.1 Å². The molecule has 0 saturated heterocycles. The van der Waals surface area contributed by atoms with Gasteiger partial charge in [0.25, 0.3) is 10.0 Å². The SMILES string of the molecule is O=C(O)c1cc(NS(=O)(=O)c2cccs2)cn1Cc1ccccc1. The fourth-order valence-electron chi connectivity index (χ4n) is 2.28. The third-order valence-corrected chi connectivity index (χ3v) is 6.10. The average Bonchev–Trinajstić information content (AvgIpc) is 3.18. The predicted octanol–water partition coefficient (Wildman–Crippen LogP) is 3.10. The van der Waals surface area contributed by atoms with Gasteiger partial charge in [0, 0.05) is 12.7 Å². The Morgan fingerprint density at radius 1 is 1.17 bits per heavy atom. The highest BCUT2D eigenvalue weighted by atomic mass is 32.2. The molecule has 8 heteroatoms. The van der Waals surface area contributed by atoms with Crippen molar-refractivity contribution in [3.05, 3.63) is 71.4 Å². The summed E-state index contributed by atoms with van der Waals surface area (Å²) in [7, 11) is -3.71. The van der Waals surface area contributed by atoms with Crippen molar-refractivity contribution in [2.24, 2.45) is 0 Å². The zero-order valence-electron chi connectivity index (χ0n) is 12.4. The number of aromatic nitrogens is 1. The maximum absolute atomic E-state index is 12.3. The van der Waals surface area contributed by atoms with E-state index in [9.17, 15) is 18.3 Å². The number of benzene rings is 1. The van der Waals surface area contributed by atoms with Gasteiger partial charge in [-0.25, -0.2) is 13.2 Å². The van der Waals surface area contributed by atoms with Crippen LogP contribution in [0.2, 0.25) is 0 Å². The van der Waals surface area contributed by atoms with Crippen LogP contribution in [0.4, 0.5) is 5.69 Å². The Morgan fingerprint density at radius 3 is 2.54 bits per heavy atom. The molecule has 124 valence electrons. The van der Waals surface area contributed by atoms with Crippen molar-refractivity contribution >= 4 is 33.0 Å². The summed E-state index contributed by atoms with van der Waals surface area (Å²) >= 11 is 1.10. The molecule has 0 amide bonds. The number of nitrogens with zero attached hydrogens (tertiary/aromatic N) is 1. The molecule has 3 rings (SSSR count). The van der Waals surface area contributed by atoms with Crippen molar-refractivity contribution in [2.75, 3.05) is 4.72 Å². The normalized spacial score (nSPS) is 11.3. The Labute approximate surface area is 143 Å². The quantitative estimate of drug-likeness (QED) is 0.705. The second kappa shape index (κ2) is 6.50. The first kappa shape index (κ1) is 16.3. The number of carboxylic acids is 1. The molecule has 0 fully saturated rings. The number of anilines is 1. The van der Waals surface area contributed by atoms with E-state index in [0.29, 0.717) is 6.54 Å². The van der Waals surface area contributed by atoms with E-state index in [2.05, 4.69) is 4.72 Å². The van der Waals surface area contributed by atoms with Crippen LogP contribution in [0.1, 0.15) is 16.1 Å². The van der Waals surface area contributed by atoms with Crippen LogP contribution in [-0.2, 0) is 16.6 Å². The molecule has 0 aliphatic rings. The molecular weight excluding hydrogens is 348 g/mol. The van der Waals surface area contributed by atoms with Crippen LogP contribution in [0.25, 0.3) is 0 Å². The van der Waals surface area contributed by atoms with Crippen LogP contribution in [0, 0.1) is 0 Å². The number of carbonyl (C=O) groups is 1. The van der Waals surface area contributed by atoms with Crippen molar-refractivity contribution < 1.29 is 18.3 Å². The standard InChI is InChI=1S/C16H14N2O4S2/c19-16(20)14-9-13(17-24(21,22)15-7-4-8-23-15)11-18(14)10-12-5-2-1-3-6-12/h1-9,11,17H,10H2,(H,19,20). The molecule has 2 aromatic heterocycles. The van der Waals surface area contributed by atoms with Crippen molar-refractivity contribution in [1.29, 1.82) is 0 Å². The third-order valence-electron chi connectivity index (χ3n) is 3.32. The maximum Gasteiger partial charge on any atom is 0.352 e. The summed E-state index contributed by atoms with van der Waals surface area (Å²) in [5.41, 5.74) is 1.16. The second-order valence-corrected chi connectivity index (χ2v) is 7.93. The van der Waals surface area contributed by atoms with E-state index >= 15 is 0 Å². The minimum Gasteiger partial charge on any atom is -0.477 e. The monoisotopic (exact) mass is 362 g/mol. The van der Waals surface area contributed by atoms with Gasteiger partial charge in [-0.3, -0.25) is 4.72 Å². The molecule has 24 heavy (non-hydrogen) atoms. The first-order valence-corrected chi connectivity index (χ1v) is 9.36. The van der Waals surface area contributed by atoms with Crippen LogP contribution in [-0.4, -0.2) is 24.1 Å². The van der Waals surface area contributed by atoms with Crippen LogP contribution in [0.15, 0.2) is 64.3 Å². The van der Waals surface area contributed by atoms with Gasteiger partial charge in [0.15, 0.2) is 0 Å². The molecular formula is C16H14N2O4S2. The molecule has 0 aliphatic heterocycles. The predicted molar refractivity (Wildman–Crippen MR) is 92.1 cm³/mol. The van der Waals surface area contributed by atoms with Gasteiger partial charge >= 0.3 is 5.97 Å². The largest absolute Gasteiger partial charge is 0.477 e. The number of sulfonamides is 1. The lowest BCUT2D eigenvalue weighted by Crippen LogP contribution is -2.10. The maximum atomic E-state index is 12.3. The van der Waals surface area contributed by atoms with E-state index < -0.39 is 16.0 Å². The summed E-state index contributed by atoms with van der Waals surface area (Å²) in [5.74, 6) is -1.12. The second-order valence-electron chi connectivity index (χ2n) is 5.07. The molecule has 0 aliphatic carbocycles. The fourth-order valence-corrected chi connectivity index (χ4v) is 4.31. The first-order valence-electron chi connectivity index (χ1n) is 6.99. The topological polar surface area (TPSA) is 88.4 Å². The Balaban J connectivity index is 1.90. The molecule has 0 radical (unpaired) electrons. The molecule has 3 aromatic rings. The lowest BCUT2D eigenvalue weighted by Gasteiger charge is -2.06. The van der Waals surface area contributed by atoms with Crippen LogP contribution >= 0.6 is 11.3 Å². The fraction of sp³-hybridized carbons (Fsp3) is 0.0625. The third kappa shape index (κ3) is 3.50. The van der Waals surface area contributed by atoms with E-state index in [1.54, 1.807) is 11.4 Å². The van der Waals surface area contributed by atoms with Crippen molar-refractivity contribution in [3.8, 4) is 0 Å². The van der Waals surface area contributed by atoms with Gasteiger partial charge < -0.3 is 9.67 Å². The molecule has 0 unspecified atom stereocenters. The van der Waals surface area contributed by atoms with E-state index in [4.69, 9.17) is 0 Å². The number of hydrogen-bond donors (Lipinski definition) is 2. The van der Waals surface area contributed by atoms with Crippen LogP contribution in [0.3, 0.4) is 0 Å². The molecule has 2 N–H and O–H groups in total. The van der Waals surface area contributed by atoms with Crippen LogP contribution in [0.5, 0.6) is 0 Å². The zero-order chi connectivity index (χ0) is 17.2. The molecule has 0 atom stereocenters. The Kier molecular flexibility index (Phi) is 4.41. The van der Waals surface area contributed by atoms with E-state index in [-0.39, 0.29) is 15.6 Å². The molecule has 6 nitrogen and oxygen atoms in total. The highest BCUT2D eigenvalue weighted by Crippen LogP contribution is 2.22. The van der Waals surface area contributed by atoms with Crippen molar-refractivity contribution in [3.63, 3.8) is 0 Å². The minimum atomic E-state index is -3.71. The Morgan fingerprint density at radius 2 is 1.92 bits per heavy atom. The number of thiophene rings is 1. The number of rotatable bonds is 6. The molecule has 0 spiro atoms. The Bertz CT molecular complexity index is 945.